The lowest BCUT2D eigenvalue weighted by molar-refractivity contribution is -0.138. The molecular weight excluding hydrogens is 216 g/mol. The van der Waals surface area contributed by atoms with Gasteiger partial charge in [-0.3, -0.25) is 4.79 Å². The van der Waals surface area contributed by atoms with Crippen LogP contribution in [0.25, 0.3) is 0 Å². The van der Waals surface area contributed by atoms with Crippen molar-refractivity contribution < 1.29 is 9.90 Å². The number of hydrogen-bond acceptors (Lipinski definition) is 3. The second-order valence-electron chi connectivity index (χ2n) is 5.26. The molecule has 1 fully saturated rings. The minimum atomic E-state index is -0.0136. The minimum Gasteiger partial charge on any atom is -0.396 e. The summed E-state index contributed by atoms with van der Waals surface area (Å²) in [4.78, 5) is 14.2. The van der Waals surface area contributed by atoms with E-state index in [-0.39, 0.29) is 24.6 Å². The number of likely N-dealkylation sites (tertiary alicyclic amines) is 1. The molecular formula is C13H26N2O2. The quantitative estimate of drug-likeness (QED) is 0.734. The Hall–Kier alpha value is -0.610. The molecule has 0 aliphatic carbocycles. The number of hydrogen-bond donors (Lipinski definition) is 2. The molecule has 4 heteroatoms. The summed E-state index contributed by atoms with van der Waals surface area (Å²) in [5.74, 6) is 0.232. The van der Waals surface area contributed by atoms with Gasteiger partial charge in [0.2, 0.25) is 5.91 Å². The summed E-state index contributed by atoms with van der Waals surface area (Å²) in [6.45, 7) is 7.29. The SMILES string of the molecule is CC(C)NC1CCCN(C(C)CCCO)C1=O. The summed E-state index contributed by atoms with van der Waals surface area (Å²) in [6.07, 6.45) is 3.67. The number of nitrogens with one attached hydrogen (secondary N) is 1. The van der Waals surface area contributed by atoms with Gasteiger partial charge < -0.3 is 15.3 Å². The highest BCUT2D eigenvalue weighted by Crippen LogP contribution is 2.17. The number of piperidine rings is 1. The molecule has 100 valence electrons. The maximum atomic E-state index is 12.3. The van der Waals surface area contributed by atoms with Crippen LogP contribution in [0.5, 0.6) is 0 Å². The second kappa shape index (κ2) is 6.97. The first-order valence-corrected chi connectivity index (χ1v) is 6.73. The van der Waals surface area contributed by atoms with E-state index in [1.165, 1.54) is 0 Å². The van der Waals surface area contributed by atoms with E-state index in [2.05, 4.69) is 26.1 Å². The topological polar surface area (TPSA) is 52.6 Å². The third-order valence-corrected chi connectivity index (χ3v) is 3.32. The number of carbonyl (C=O) groups is 1. The van der Waals surface area contributed by atoms with Crippen LogP contribution in [0.1, 0.15) is 46.5 Å². The van der Waals surface area contributed by atoms with E-state index >= 15 is 0 Å². The Labute approximate surface area is 104 Å². The van der Waals surface area contributed by atoms with Gasteiger partial charge in [-0.05, 0) is 32.6 Å². The van der Waals surface area contributed by atoms with Gasteiger partial charge in [-0.2, -0.15) is 0 Å². The van der Waals surface area contributed by atoms with Gasteiger partial charge in [-0.1, -0.05) is 13.8 Å². The molecule has 2 atom stereocenters. The van der Waals surface area contributed by atoms with Gasteiger partial charge in [-0.15, -0.1) is 0 Å². The Morgan fingerprint density at radius 1 is 1.47 bits per heavy atom. The summed E-state index contributed by atoms with van der Waals surface area (Å²) < 4.78 is 0. The van der Waals surface area contributed by atoms with Gasteiger partial charge >= 0.3 is 0 Å². The molecule has 2 N–H and O–H groups in total. The number of aliphatic hydroxyl groups is 1. The smallest absolute Gasteiger partial charge is 0.239 e. The highest BCUT2D eigenvalue weighted by atomic mass is 16.3. The number of carbonyl (C=O) groups excluding carboxylic acids is 1. The highest BCUT2D eigenvalue weighted by molar-refractivity contribution is 5.82. The van der Waals surface area contributed by atoms with Crippen LogP contribution in [0.3, 0.4) is 0 Å². The van der Waals surface area contributed by atoms with Gasteiger partial charge in [0.15, 0.2) is 0 Å². The fourth-order valence-corrected chi connectivity index (χ4v) is 2.44. The molecule has 17 heavy (non-hydrogen) atoms. The molecule has 1 saturated heterocycles. The average Bonchev–Trinajstić information content (AvgIpc) is 2.28. The molecule has 0 aromatic carbocycles. The highest BCUT2D eigenvalue weighted by Gasteiger charge is 2.31. The molecule has 2 unspecified atom stereocenters. The Bertz CT molecular complexity index is 244. The lowest BCUT2D eigenvalue weighted by Crippen LogP contribution is -2.54. The standard InChI is InChI=1S/C13H26N2O2/c1-10(2)14-12-7-4-8-15(13(12)17)11(3)6-5-9-16/h10-12,14,16H,4-9H2,1-3H3. The Kier molecular flexibility index (Phi) is 5.92. The predicted octanol–water partition coefficient (Wildman–Crippen LogP) is 1.14. The van der Waals surface area contributed by atoms with Crippen molar-refractivity contribution in [1.82, 2.24) is 10.2 Å². The van der Waals surface area contributed by atoms with E-state index in [4.69, 9.17) is 5.11 Å². The molecule has 1 amide bonds. The van der Waals surface area contributed by atoms with Gasteiger partial charge in [0.1, 0.15) is 0 Å². The van der Waals surface area contributed by atoms with Crippen molar-refractivity contribution in [2.24, 2.45) is 0 Å². The number of aliphatic hydroxyl groups excluding tert-OH is 1. The van der Waals surface area contributed by atoms with Crippen molar-refractivity contribution in [2.45, 2.75) is 64.6 Å². The van der Waals surface area contributed by atoms with Gasteiger partial charge in [0.25, 0.3) is 0 Å². The summed E-state index contributed by atoms with van der Waals surface area (Å²) >= 11 is 0. The van der Waals surface area contributed by atoms with E-state index in [1.807, 2.05) is 4.90 Å². The fraction of sp³-hybridized carbons (Fsp3) is 0.923. The zero-order valence-electron chi connectivity index (χ0n) is 11.3. The van der Waals surface area contributed by atoms with E-state index in [1.54, 1.807) is 0 Å². The molecule has 4 nitrogen and oxygen atoms in total. The van der Waals surface area contributed by atoms with Gasteiger partial charge in [0.05, 0.1) is 6.04 Å². The largest absolute Gasteiger partial charge is 0.396 e. The molecule has 1 rings (SSSR count). The van der Waals surface area contributed by atoms with Crippen LogP contribution in [-0.4, -0.2) is 47.2 Å². The maximum Gasteiger partial charge on any atom is 0.239 e. The van der Waals surface area contributed by atoms with Crippen molar-refractivity contribution in [1.29, 1.82) is 0 Å². The van der Waals surface area contributed by atoms with E-state index in [0.29, 0.717) is 6.04 Å². The predicted molar refractivity (Wildman–Crippen MR) is 68.8 cm³/mol. The summed E-state index contributed by atoms with van der Waals surface area (Å²) in [5.41, 5.74) is 0. The monoisotopic (exact) mass is 242 g/mol. The van der Waals surface area contributed by atoms with Crippen molar-refractivity contribution in [3.8, 4) is 0 Å². The van der Waals surface area contributed by atoms with E-state index in [0.717, 1.165) is 32.2 Å². The second-order valence-corrected chi connectivity index (χ2v) is 5.26. The van der Waals surface area contributed by atoms with Crippen molar-refractivity contribution in [2.75, 3.05) is 13.2 Å². The third kappa shape index (κ3) is 4.28. The van der Waals surface area contributed by atoms with Crippen molar-refractivity contribution in [3.05, 3.63) is 0 Å². The molecule has 0 radical (unpaired) electrons. The summed E-state index contributed by atoms with van der Waals surface area (Å²) in [7, 11) is 0. The fourth-order valence-electron chi connectivity index (χ4n) is 2.44. The Morgan fingerprint density at radius 2 is 2.18 bits per heavy atom. The molecule has 0 aromatic rings. The van der Waals surface area contributed by atoms with Crippen LogP contribution >= 0.6 is 0 Å². The first-order chi connectivity index (χ1) is 8.06. The number of amides is 1. The average molecular weight is 242 g/mol. The zero-order valence-corrected chi connectivity index (χ0v) is 11.3. The van der Waals surface area contributed by atoms with Crippen LogP contribution in [-0.2, 0) is 4.79 Å². The molecule has 1 aliphatic heterocycles. The minimum absolute atomic E-state index is 0.0136. The van der Waals surface area contributed by atoms with E-state index in [9.17, 15) is 4.79 Å². The summed E-state index contributed by atoms with van der Waals surface area (Å²) in [6, 6.07) is 0.573. The first-order valence-electron chi connectivity index (χ1n) is 6.73. The lowest BCUT2D eigenvalue weighted by Gasteiger charge is -2.37. The maximum absolute atomic E-state index is 12.3. The van der Waals surface area contributed by atoms with Crippen LogP contribution < -0.4 is 5.32 Å². The number of nitrogens with zero attached hydrogens (tertiary/aromatic N) is 1. The zero-order chi connectivity index (χ0) is 12.8. The first kappa shape index (κ1) is 14.5. The van der Waals surface area contributed by atoms with Crippen LogP contribution in [0.15, 0.2) is 0 Å². The molecule has 0 saturated carbocycles. The third-order valence-electron chi connectivity index (χ3n) is 3.32. The van der Waals surface area contributed by atoms with Crippen molar-refractivity contribution in [3.63, 3.8) is 0 Å². The Balaban J connectivity index is 2.52. The van der Waals surface area contributed by atoms with Crippen LogP contribution in [0.4, 0.5) is 0 Å². The molecule has 0 spiro atoms. The Morgan fingerprint density at radius 3 is 2.76 bits per heavy atom. The lowest BCUT2D eigenvalue weighted by atomic mass is 10.0. The summed E-state index contributed by atoms with van der Waals surface area (Å²) in [5, 5.41) is 12.2. The van der Waals surface area contributed by atoms with E-state index < -0.39 is 0 Å². The molecule has 1 aliphatic rings. The molecule has 1 heterocycles. The molecule has 0 bridgehead atoms. The normalized spacial score (nSPS) is 23.2. The van der Waals surface area contributed by atoms with Gasteiger partial charge in [-0.25, -0.2) is 0 Å². The van der Waals surface area contributed by atoms with Gasteiger partial charge in [0, 0.05) is 25.2 Å². The van der Waals surface area contributed by atoms with Crippen LogP contribution in [0.2, 0.25) is 0 Å². The molecule has 0 aromatic heterocycles. The number of rotatable bonds is 6. The van der Waals surface area contributed by atoms with Crippen LogP contribution in [0, 0.1) is 0 Å². The van der Waals surface area contributed by atoms with Crippen molar-refractivity contribution >= 4 is 5.91 Å².